The number of rotatable bonds is 9. The van der Waals surface area contributed by atoms with E-state index in [1.807, 2.05) is 49.6 Å². The monoisotopic (exact) mass is 289 g/mol. The van der Waals surface area contributed by atoms with Crippen LogP contribution >= 0.6 is 0 Å². The molecule has 0 radical (unpaired) electrons. The maximum atomic E-state index is 9.99. The second-order valence-corrected chi connectivity index (χ2v) is 5.16. The van der Waals surface area contributed by atoms with Crippen molar-refractivity contribution in [2.24, 2.45) is 0 Å². The molecule has 2 rings (SSSR count). The molecule has 0 fully saturated rings. The first-order valence-corrected chi connectivity index (χ1v) is 7.26. The molecule has 1 N–H and O–H groups in total. The van der Waals surface area contributed by atoms with Gasteiger partial charge in [0.25, 0.3) is 0 Å². The van der Waals surface area contributed by atoms with Gasteiger partial charge in [0.2, 0.25) is 0 Å². The fraction of sp³-hybridized carbons (Fsp3) is 0.438. The Morgan fingerprint density at radius 3 is 2.81 bits per heavy atom. The number of ether oxygens (including phenoxy) is 1. The van der Waals surface area contributed by atoms with Crippen LogP contribution < -0.4 is 4.74 Å². The summed E-state index contributed by atoms with van der Waals surface area (Å²) in [5.41, 5.74) is 0. The molecule has 1 aromatic carbocycles. The van der Waals surface area contributed by atoms with Crippen molar-refractivity contribution in [2.45, 2.75) is 19.1 Å². The molecule has 0 saturated heterocycles. The molecule has 5 heteroatoms. The molecule has 114 valence electrons. The quantitative estimate of drug-likeness (QED) is 0.713. The van der Waals surface area contributed by atoms with Gasteiger partial charge in [0, 0.05) is 25.5 Å². The Bertz CT molecular complexity index is 487. The number of hydrogen-bond acceptors (Lipinski definition) is 4. The van der Waals surface area contributed by atoms with Gasteiger partial charge >= 0.3 is 0 Å². The average molecular weight is 289 g/mol. The summed E-state index contributed by atoms with van der Waals surface area (Å²) >= 11 is 0. The Morgan fingerprint density at radius 1 is 1.29 bits per heavy atom. The molecule has 1 atom stereocenters. The number of nitrogens with zero attached hydrogens (tertiary/aromatic N) is 3. The van der Waals surface area contributed by atoms with E-state index >= 15 is 0 Å². The zero-order valence-corrected chi connectivity index (χ0v) is 12.4. The van der Waals surface area contributed by atoms with E-state index in [0.29, 0.717) is 19.7 Å². The SMILES string of the molecule is CN(CCCOc1ccccc1)CC(O)Cn1cccn1. The number of aromatic nitrogens is 2. The van der Waals surface area contributed by atoms with Gasteiger partial charge in [-0.1, -0.05) is 18.2 Å². The van der Waals surface area contributed by atoms with Crippen molar-refractivity contribution in [1.82, 2.24) is 14.7 Å². The first kappa shape index (κ1) is 15.5. The maximum absolute atomic E-state index is 9.99. The lowest BCUT2D eigenvalue weighted by Gasteiger charge is -2.20. The van der Waals surface area contributed by atoms with Gasteiger partial charge in [-0.2, -0.15) is 5.10 Å². The number of aliphatic hydroxyl groups excluding tert-OH is 1. The van der Waals surface area contributed by atoms with Crippen molar-refractivity contribution >= 4 is 0 Å². The number of likely N-dealkylation sites (N-methyl/N-ethyl adjacent to an activating group) is 1. The fourth-order valence-electron chi connectivity index (χ4n) is 2.17. The topological polar surface area (TPSA) is 50.5 Å². The van der Waals surface area contributed by atoms with Crippen LogP contribution in [0.4, 0.5) is 0 Å². The molecule has 0 spiro atoms. The van der Waals surface area contributed by atoms with Crippen LogP contribution in [0.1, 0.15) is 6.42 Å². The van der Waals surface area contributed by atoms with Crippen molar-refractivity contribution in [2.75, 3.05) is 26.7 Å². The Balaban J connectivity index is 1.58. The van der Waals surface area contributed by atoms with Crippen LogP contribution in [0.15, 0.2) is 48.8 Å². The predicted octanol–water partition coefficient (Wildman–Crippen LogP) is 1.64. The summed E-state index contributed by atoms with van der Waals surface area (Å²) in [6, 6.07) is 11.7. The minimum atomic E-state index is -0.412. The zero-order chi connectivity index (χ0) is 14.9. The van der Waals surface area contributed by atoms with Gasteiger partial charge < -0.3 is 14.7 Å². The van der Waals surface area contributed by atoms with Crippen molar-refractivity contribution in [1.29, 1.82) is 0 Å². The van der Waals surface area contributed by atoms with Crippen molar-refractivity contribution in [3.8, 4) is 5.75 Å². The lowest BCUT2D eigenvalue weighted by molar-refractivity contribution is 0.104. The Kier molecular flexibility index (Phi) is 6.24. The molecular weight excluding hydrogens is 266 g/mol. The van der Waals surface area contributed by atoms with E-state index in [1.165, 1.54) is 0 Å². The van der Waals surface area contributed by atoms with Crippen molar-refractivity contribution < 1.29 is 9.84 Å². The summed E-state index contributed by atoms with van der Waals surface area (Å²) < 4.78 is 7.39. The van der Waals surface area contributed by atoms with E-state index in [4.69, 9.17) is 4.74 Å². The average Bonchev–Trinajstić information content (AvgIpc) is 2.97. The molecule has 0 bridgehead atoms. The maximum Gasteiger partial charge on any atom is 0.119 e. The molecule has 1 heterocycles. The van der Waals surface area contributed by atoms with Crippen LogP contribution in [0.3, 0.4) is 0 Å². The van der Waals surface area contributed by atoms with E-state index in [0.717, 1.165) is 18.7 Å². The van der Waals surface area contributed by atoms with Gasteiger partial charge in [0.15, 0.2) is 0 Å². The fourth-order valence-corrected chi connectivity index (χ4v) is 2.17. The van der Waals surface area contributed by atoms with Crippen LogP contribution in [-0.4, -0.2) is 52.6 Å². The molecule has 0 saturated carbocycles. The smallest absolute Gasteiger partial charge is 0.119 e. The largest absolute Gasteiger partial charge is 0.494 e. The third-order valence-electron chi connectivity index (χ3n) is 3.18. The second-order valence-electron chi connectivity index (χ2n) is 5.16. The standard InChI is InChI=1S/C16H23N3O2/c1-18(13-15(20)14-19-11-5-9-17-19)10-6-12-21-16-7-3-2-4-8-16/h2-5,7-9,11,15,20H,6,10,12-14H2,1H3. The van der Waals surface area contributed by atoms with E-state index in [2.05, 4.69) is 10.00 Å². The van der Waals surface area contributed by atoms with Gasteiger partial charge in [-0.15, -0.1) is 0 Å². The molecule has 0 amide bonds. The van der Waals surface area contributed by atoms with Crippen LogP contribution in [0, 0.1) is 0 Å². The predicted molar refractivity (Wildman–Crippen MR) is 82.3 cm³/mol. The summed E-state index contributed by atoms with van der Waals surface area (Å²) in [4.78, 5) is 2.11. The second kappa shape index (κ2) is 8.44. The lowest BCUT2D eigenvalue weighted by atomic mass is 10.3. The van der Waals surface area contributed by atoms with E-state index < -0.39 is 6.10 Å². The van der Waals surface area contributed by atoms with Gasteiger partial charge in [0.1, 0.15) is 5.75 Å². The first-order chi connectivity index (χ1) is 10.2. The molecule has 0 aliphatic rings. The summed E-state index contributed by atoms with van der Waals surface area (Å²) in [6.45, 7) is 2.73. The summed E-state index contributed by atoms with van der Waals surface area (Å²) in [6.07, 6.45) is 4.10. The van der Waals surface area contributed by atoms with Gasteiger partial charge in [-0.05, 0) is 31.7 Å². The number of benzene rings is 1. The van der Waals surface area contributed by atoms with Crippen molar-refractivity contribution in [3.05, 3.63) is 48.8 Å². The zero-order valence-electron chi connectivity index (χ0n) is 12.4. The summed E-state index contributed by atoms with van der Waals surface area (Å²) in [5.74, 6) is 0.902. The van der Waals surface area contributed by atoms with Crippen LogP contribution in [0.5, 0.6) is 5.75 Å². The highest BCUT2D eigenvalue weighted by atomic mass is 16.5. The molecule has 0 aliphatic carbocycles. The highest BCUT2D eigenvalue weighted by Crippen LogP contribution is 2.08. The van der Waals surface area contributed by atoms with Crippen LogP contribution in [-0.2, 0) is 6.54 Å². The molecule has 0 aliphatic heterocycles. The third kappa shape index (κ3) is 5.97. The molecule has 5 nitrogen and oxygen atoms in total. The Morgan fingerprint density at radius 2 is 2.10 bits per heavy atom. The molecule has 2 aromatic rings. The Labute approximate surface area is 125 Å². The minimum Gasteiger partial charge on any atom is -0.494 e. The van der Waals surface area contributed by atoms with E-state index in [-0.39, 0.29) is 0 Å². The van der Waals surface area contributed by atoms with E-state index in [9.17, 15) is 5.11 Å². The third-order valence-corrected chi connectivity index (χ3v) is 3.18. The van der Waals surface area contributed by atoms with Gasteiger partial charge in [0.05, 0.1) is 19.3 Å². The Hall–Kier alpha value is -1.85. The highest BCUT2D eigenvalue weighted by Gasteiger charge is 2.09. The van der Waals surface area contributed by atoms with Gasteiger partial charge in [-0.25, -0.2) is 0 Å². The van der Waals surface area contributed by atoms with E-state index in [1.54, 1.807) is 10.9 Å². The molecule has 1 aromatic heterocycles. The molecular formula is C16H23N3O2. The number of para-hydroxylation sites is 1. The molecule has 1 unspecified atom stereocenters. The number of aliphatic hydroxyl groups is 1. The van der Waals surface area contributed by atoms with Gasteiger partial charge in [-0.3, -0.25) is 4.68 Å². The number of hydrogen-bond donors (Lipinski definition) is 1. The van der Waals surface area contributed by atoms with Crippen LogP contribution in [0.2, 0.25) is 0 Å². The molecule has 21 heavy (non-hydrogen) atoms. The normalized spacial score (nSPS) is 12.5. The summed E-state index contributed by atoms with van der Waals surface area (Å²) in [7, 11) is 2.01. The minimum absolute atomic E-state index is 0.412. The van der Waals surface area contributed by atoms with Crippen molar-refractivity contribution in [3.63, 3.8) is 0 Å². The first-order valence-electron chi connectivity index (χ1n) is 7.26. The lowest BCUT2D eigenvalue weighted by Crippen LogP contribution is -2.33. The van der Waals surface area contributed by atoms with Crippen LogP contribution in [0.25, 0.3) is 0 Å². The summed E-state index contributed by atoms with van der Waals surface area (Å²) in [5, 5.41) is 14.1. The highest BCUT2D eigenvalue weighted by molar-refractivity contribution is 5.20.